The molecule has 0 amide bonds. The van der Waals surface area contributed by atoms with Crippen LogP contribution in [0.3, 0.4) is 0 Å². The van der Waals surface area contributed by atoms with Gasteiger partial charge in [0, 0.05) is 55.3 Å². The second kappa shape index (κ2) is 9.60. The van der Waals surface area contributed by atoms with E-state index in [9.17, 15) is 5.11 Å². The minimum atomic E-state index is -0.661. The number of nitrogens with one attached hydrogen (secondary N) is 2. The highest BCUT2D eigenvalue weighted by molar-refractivity contribution is 7.99. The second-order valence-electron chi connectivity index (χ2n) is 7.37. The van der Waals surface area contributed by atoms with Crippen LogP contribution in [-0.4, -0.2) is 74.6 Å². The van der Waals surface area contributed by atoms with Gasteiger partial charge in [0.05, 0.1) is 26.4 Å². The Kier molecular flexibility index (Phi) is 7.18. The van der Waals surface area contributed by atoms with Crippen LogP contribution in [0, 0.1) is 0 Å². The summed E-state index contributed by atoms with van der Waals surface area (Å²) in [6.07, 6.45) is 1.83. The normalized spacial score (nSPS) is 25.1. The van der Waals surface area contributed by atoms with Gasteiger partial charge < -0.3 is 30.1 Å². The molecular formula is C20H32N4O3S. The second-order valence-corrected chi connectivity index (χ2v) is 8.47. The molecule has 0 spiro atoms. The van der Waals surface area contributed by atoms with Gasteiger partial charge in [-0.2, -0.15) is 11.8 Å². The van der Waals surface area contributed by atoms with Crippen LogP contribution in [0.15, 0.2) is 23.2 Å². The third-order valence-electron chi connectivity index (χ3n) is 5.19. The average Bonchev–Trinajstić information content (AvgIpc) is 3.35. The van der Waals surface area contributed by atoms with E-state index in [1.165, 1.54) is 0 Å². The van der Waals surface area contributed by atoms with Gasteiger partial charge in [-0.15, -0.1) is 0 Å². The average molecular weight is 409 g/mol. The summed E-state index contributed by atoms with van der Waals surface area (Å²) in [5, 5.41) is 17.4. The Morgan fingerprint density at radius 1 is 1.32 bits per heavy atom. The first-order valence-corrected chi connectivity index (χ1v) is 11.0. The summed E-state index contributed by atoms with van der Waals surface area (Å²) < 4.78 is 10.8. The molecule has 2 aliphatic heterocycles. The summed E-state index contributed by atoms with van der Waals surface area (Å²) in [6.45, 7) is 5.12. The van der Waals surface area contributed by atoms with Crippen LogP contribution in [0.5, 0.6) is 11.5 Å². The Balaban J connectivity index is 1.62. The molecule has 3 N–H and O–H groups in total. The van der Waals surface area contributed by atoms with Crippen LogP contribution in [-0.2, 0) is 0 Å². The number of thioether (sulfide) groups is 1. The van der Waals surface area contributed by atoms with Crippen molar-refractivity contribution in [2.24, 2.45) is 4.99 Å². The number of benzene rings is 1. The van der Waals surface area contributed by atoms with Crippen molar-refractivity contribution < 1.29 is 14.6 Å². The van der Waals surface area contributed by atoms with E-state index in [0.717, 1.165) is 67.1 Å². The molecule has 2 atom stereocenters. The Morgan fingerprint density at radius 2 is 2.07 bits per heavy atom. The molecule has 8 heteroatoms. The topological polar surface area (TPSA) is 78.4 Å². The minimum absolute atomic E-state index is 0.294. The van der Waals surface area contributed by atoms with E-state index in [-0.39, 0.29) is 0 Å². The van der Waals surface area contributed by atoms with Gasteiger partial charge in [-0.1, -0.05) is 0 Å². The molecule has 0 aliphatic carbocycles. The molecule has 2 saturated heterocycles. The number of methoxy groups -OCH3 is 2. The fourth-order valence-electron chi connectivity index (χ4n) is 3.55. The van der Waals surface area contributed by atoms with E-state index in [0.29, 0.717) is 12.6 Å². The van der Waals surface area contributed by atoms with E-state index in [1.54, 1.807) is 26.0 Å². The van der Waals surface area contributed by atoms with Gasteiger partial charge in [0.1, 0.15) is 11.5 Å². The molecule has 156 valence electrons. The Morgan fingerprint density at radius 3 is 2.68 bits per heavy atom. The molecular weight excluding hydrogens is 376 g/mol. The number of guanidine groups is 1. The van der Waals surface area contributed by atoms with E-state index in [2.05, 4.69) is 27.4 Å². The van der Waals surface area contributed by atoms with E-state index in [4.69, 9.17) is 9.47 Å². The molecule has 0 aromatic heterocycles. The van der Waals surface area contributed by atoms with Gasteiger partial charge in [0.15, 0.2) is 5.96 Å². The predicted molar refractivity (Wildman–Crippen MR) is 116 cm³/mol. The maximum absolute atomic E-state index is 10.5. The first kappa shape index (κ1) is 20.9. The molecule has 2 unspecified atom stereocenters. The lowest BCUT2D eigenvalue weighted by molar-refractivity contribution is 0.0778. The molecule has 1 aromatic carbocycles. The summed E-state index contributed by atoms with van der Waals surface area (Å²) in [6, 6.07) is 6.26. The molecule has 0 saturated carbocycles. The Labute approximate surface area is 171 Å². The van der Waals surface area contributed by atoms with Gasteiger partial charge in [-0.3, -0.25) is 4.99 Å². The molecule has 0 radical (unpaired) electrons. The molecule has 1 aromatic rings. The Hall–Kier alpha value is -1.80. The number of aliphatic imine (C=N–C) groups is 1. The molecule has 2 fully saturated rings. The number of rotatable bonds is 7. The summed E-state index contributed by atoms with van der Waals surface area (Å²) in [7, 11) is 3.34. The van der Waals surface area contributed by atoms with Crippen molar-refractivity contribution in [3.05, 3.63) is 18.2 Å². The van der Waals surface area contributed by atoms with Crippen molar-refractivity contribution in [2.45, 2.75) is 31.4 Å². The molecule has 0 bridgehead atoms. The molecule has 7 nitrogen and oxygen atoms in total. The highest BCUT2D eigenvalue weighted by atomic mass is 32.2. The van der Waals surface area contributed by atoms with Crippen molar-refractivity contribution in [1.82, 2.24) is 10.6 Å². The third-order valence-corrected chi connectivity index (χ3v) is 6.42. The van der Waals surface area contributed by atoms with Crippen molar-refractivity contribution >= 4 is 23.4 Å². The molecule has 2 aliphatic rings. The van der Waals surface area contributed by atoms with E-state index in [1.807, 2.05) is 18.2 Å². The predicted octanol–water partition coefficient (Wildman–Crippen LogP) is 1.71. The molecule has 28 heavy (non-hydrogen) atoms. The van der Waals surface area contributed by atoms with Crippen molar-refractivity contribution in [3.8, 4) is 11.5 Å². The largest absolute Gasteiger partial charge is 0.497 e. The van der Waals surface area contributed by atoms with Crippen LogP contribution in [0.25, 0.3) is 0 Å². The van der Waals surface area contributed by atoms with Gasteiger partial charge in [0.2, 0.25) is 0 Å². The van der Waals surface area contributed by atoms with Crippen molar-refractivity contribution in [3.63, 3.8) is 0 Å². The lowest BCUT2D eigenvalue weighted by atomic mass is 10.1. The maximum atomic E-state index is 10.5. The van der Waals surface area contributed by atoms with Crippen LogP contribution in [0.4, 0.5) is 5.69 Å². The summed E-state index contributed by atoms with van der Waals surface area (Å²) in [4.78, 5) is 6.98. The van der Waals surface area contributed by atoms with Gasteiger partial charge in [0.25, 0.3) is 0 Å². The van der Waals surface area contributed by atoms with Gasteiger partial charge in [-0.25, -0.2) is 0 Å². The number of anilines is 1. The number of hydrogen-bond donors (Lipinski definition) is 3. The first-order chi connectivity index (χ1) is 13.5. The summed E-state index contributed by atoms with van der Waals surface area (Å²) in [5.41, 5.74) is 0.436. The zero-order chi connectivity index (χ0) is 20.0. The highest BCUT2D eigenvalue weighted by Gasteiger charge is 2.32. The van der Waals surface area contributed by atoms with Gasteiger partial charge in [-0.05, 0) is 25.5 Å². The minimum Gasteiger partial charge on any atom is -0.497 e. The van der Waals surface area contributed by atoms with E-state index >= 15 is 0 Å². The summed E-state index contributed by atoms with van der Waals surface area (Å²) in [5.74, 6) is 4.15. The maximum Gasteiger partial charge on any atom is 0.191 e. The number of nitrogens with zero attached hydrogens (tertiary/aromatic N) is 2. The zero-order valence-corrected chi connectivity index (χ0v) is 17.8. The third kappa shape index (κ3) is 5.38. The van der Waals surface area contributed by atoms with Crippen molar-refractivity contribution in [1.29, 1.82) is 0 Å². The smallest absolute Gasteiger partial charge is 0.191 e. The first-order valence-electron chi connectivity index (χ1n) is 9.88. The number of ether oxygens (including phenoxy) is 2. The fraction of sp³-hybridized carbons (Fsp3) is 0.650. The summed E-state index contributed by atoms with van der Waals surface area (Å²) >= 11 is 1.80. The molecule has 2 heterocycles. The number of aliphatic hydroxyl groups is 1. The van der Waals surface area contributed by atoms with Crippen LogP contribution in [0.1, 0.15) is 19.8 Å². The fourth-order valence-corrected chi connectivity index (χ4v) is 4.83. The zero-order valence-electron chi connectivity index (χ0n) is 17.0. The Bertz CT molecular complexity index is 657. The van der Waals surface area contributed by atoms with Crippen LogP contribution < -0.4 is 25.0 Å². The standard InChI is InChI=1S/C20H32N4O3S/c1-4-21-19(22-13-20(25)6-8-28-14-20)23-15-5-7-24(12-15)16-9-17(26-2)11-18(10-16)27-3/h9-11,15,25H,4-8,12-14H2,1-3H3,(H2,21,22,23). The lowest BCUT2D eigenvalue weighted by Crippen LogP contribution is -2.45. The SMILES string of the molecule is CCNC(=NCC1(O)CCSC1)NC1CCN(c2cc(OC)cc(OC)c2)C1. The van der Waals surface area contributed by atoms with Crippen LogP contribution in [0.2, 0.25) is 0 Å². The highest BCUT2D eigenvalue weighted by Crippen LogP contribution is 2.30. The monoisotopic (exact) mass is 408 g/mol. The molecule has 3 rings (SSSR count). The quantitative estimate of drug-likeness (QED) is 0.468. The van der Waals surface area contributed by atoms with E-state index < -0.39 is 5.60 Å². The lowest BCUT2D eigenvalue weighted by Gasteiger charge is -2.23. The number of hydrogen-bond acceptors (Lipinski definition) is 6. The van der Waals surface area contributed by atoms with Crippen LogP contribution >= 0.6 is 11.8 Å². The van der Waals surface area contributed by atoms with Gasteiger partial charge >= 0.3 is 0 Å². The van der Waals surface area contributed by atoms with Crippen molar-refractivity contribution in [2.75, 3.05) is 56.8 Å².